The molecule has 1 saturated heterocycles. The first kappa shape index (κ1) is 22.6. The smallest absolute Gasteiger partial charge is 0.277 e. The van der Waals surface area contributed by atoms with Crippen LogP contribution in [0.4, 0.5) is 0 Å². The summed E-state index contributed by atoms with van der Waals surface area (Å²) in [6.07, 6.45) is 2.00. The molecule has 0 radical (unpaired) electrons. The monoisotopic (exact) mass is 446 g/mol. The van der Waals surface area contributed by atoms with Crippen LogP contribution in [-0.2, 0) is 11.3 Å². The van der Waals surface area contributed by atoms with Crippen LogP contribution in [0.15, 0.2) is 59.4 Å². The predicted molar refractivity (Wildman–Crippen MR) is 130 cm³/mol. The van der Waals surface area contributed by atoms with E-state index in [0.29, 0.717) is 41.5 Å². The number of fused-ring (bicyclic) bond motifs is 1. The van der Waals surface area contributed by atoms with Gasteiger partial charge in [-0.15, -0.1) is 0 Å². The summed E-state index contributed by atoms with van der Waals surface area (Å²) in [5.74, 6) is -0.212. The van der Waals surface area contributed by atoms with E-state index in [9.17, 15) is 14.4 Å². The van der Waals surface area contributed by atoms with Crippen molar-refractivity contribution in [2.45, 2.75) is 45.7 Å². The average Bonchev–Trinajstić information content (AvgIpc) is 3.24. The summed E-state index contributed by atoms with van der Waals surface area (Å²) in [5, 5.41) is 4.23. The summed E-state index contributed by atoms with van der Waals surface area (Å²) in [6.45, 7) is 5.25. The molecule has 1 atom stereocenters. The molecule has 0 spiro atoms. The van der Waals surface area contributed by atoms with E-state index in [-0.39, 0.29) is 30.0 Å². The predicted octanol–water partition coefficient (Wildman–Crippen LogP) is 3.57. The minimum absolute atomic E-state index is 0.0423. The van der Waals surface area contributed by atoms with Gasteiger partial charge in [0.05, 0.1) is 23.8 Å². The van der Waals surface area contributed by atoms with Gasteiger partial charge in [0.25, 0.3) is 11.5 Å². The van der Waals surface area contributed by atoms with Gasteiger partial charge in [-0.1, -0.05) is 55.5 Å². The minimum atomic E-state index is -0.254. The first-order valence-electron chi connectivity index (χ1n) is 11.6. The summed E-state index contributed by atoms with van der Waals surface area (Å²) >= 11 is 0. The molecule has 1 unspecified atom stereocenters. The SMILES string of the molecule is CCNn1c(CN2CCCC2=O)c(C(=O)NC(CC)c2ccccc2)c2ccccc2c1=O. The van der Waals surface area contributed by atoms with Crippen molar-refractivity contribution >= 4 is 22.6 Å². The molecule has 7 heteroatoms. The lowest BCUT2D eigenvalue weighted by atomic mass is 10.00. The highest BCUT2D eigenvalue weighted by Crippen LogP contribution is 2.25. The fourth-order valence-corrected chi connectivity index (χ4v) is 4.52. The number of likely N-dealkylation sites (tertiary alicyclic amines) is 1. The maximum atomic E-state index is 13.8. The standard InChI is InChI=1S/C26H30N4O3/c1-3-21(18-11-6-5-7-12-18)28-25(32)24-19-13-8-9-14-20(19)26(33)30(27-4-2)22(24)17-29-16-10-15-23(29)31/h5-9,11-14,21,27H,3-4,10,15-17H2,1-2H3,(H,28,32). The Morgan fingerprint density at radius 2 is 1.70 bits per heavy atom. The number of rotatable bonds is 8. The molecule has 3 aromatic rings. The molecule has 4 rings (SSSR count). The molecule has 7 nitrogen and oxygen atoms in total. The van der Waals surface area contributed by atoms with E-state index in [1.54, 1.807) is 23.1 Å². The first-order chi connectivity index (χ1) is 16.0. The lowest BCUT2D eigenvalue weighted by Gasteiger charge is -2.25. The number of nitrogens with one attached hydrogen (secondary N) is 2. The third kappa shape index (κ3) is 4.49. The molecule has 2 aromatic carbocycles. The number of nitrogens with zero attached hydrogens (tertiary/aromatic N) is 2. The first-order valence-corrected chi connectivity index (χ1v) is 11.6. The fourth-order valence-electron chi connectivity index (χ4n) is 4.52. The van der Waals surface area contributed by atoms with Crippen molar-refractivity contribution < 1.29 is 9.59 Å². The Balaban J connectivity index is 1.86. The number of amides is 2. The molecule has 0 bridgehead atoms. The number of benzene rings is 2. The molecular formula is C26H30N4O3. The molecule has 0 saturated carbocycles. The number of carbonyl (C=O) groups excluding carboxylic acids is 2. The summed E-state index contributed by atoms with van der Waals surface area (Å²) < 4.78 is 1.45. The molecular weight excluding hydrogens is 416 g/mol. The third-order valence-corrected chi connectivity index (χ3v) is 6.16. The van der Waals surface area contributed by atoms with Crippen molar-refractivity contribution in [3.05, 3.63) is 81.8 Å². The molecule has 0 aliphatic carbocycles. The van der Waals surface area contributed by atoms with Crippen molar-refractivity contribution in [1.82, 2.24) is 14.9 Å². The van der Waals surface area contributed by atoms with Gasteiger partial charge in [-0.25, -0.2) is 4.68 Å². The highest BCUT2D eigenvalue weighted by Gasteiger charge is 2.28. The van der Waals surface area contributed by atoms with E-state index in [1.165, 1.54) is 4.68 Å². The van der Waals surface area contributed by atoms with Crippen LogP contribution >= 0.6 is 0 Å². The van der Waals surface area contributed by atoms with E-state index in [2.05, 4.69) is 10.7 Å². The Morgan fingerprint density at radius 1 is 1.00 bits per heavy atom. The average molecular weight is 447 g/mol. The van der Waals surface area contributed by atoms with Gasteiger partial charge in [0.15, 0.2) is 0 Å². The zero-order chi connectivity index (χ0) is 23.4. The van der Waals surface area contributed by atoms with Gasteiger partial charge >= 0.3 is 0 Å². The maximum Gasteiger partial charge on any atom is 0.277 e. The molecule has 33 heavy (non-hydrogen) atoms. The molecule has 1 aromatic heterocycles. The minimum Gasteiger partial charge on any atom is -0.345 e. The quantitative estimate of drug-likeness (QED) is 0.554. The molecule has 172 valence electrons. The van der Waals surface area contributed by atoms with E-state index in [0.717, 1.165) is 18.4 Å². The summed E-state index contributed by atoms with van der Waals surface area (Å²) in [5.41, 5.74) is 4.85. The highest BCUT2D eigenvalue weighted by atomic mass is 16.2. The second-order valence-electron chi connectivity index (χ2n) is 8.28. The Bertz CT molecular complexity index is 1220. The van der Waals surface area contributed by atoms with Crippen LogP contribution in [0, 0.1) is 0 Å². The van der Waals surface area contributed by atoms with Crippen LogP contribution in [0.1, 0.15) is 60.8 Å². The van der Waals surface area contributed by atoms with Crippen molar-refractivity contribution in [2.75, 3.05) is 18.5 Å². The fraction of sp³-hybridized carbons (Fsp3) is 0.346. The molecule has 2 N–H and O–H groups in total. The van der Waals surface area contributed by atoms with E-state index < -0.39 is 0 Å². The van der Waals surface area contributed by atoms with Crippen LogP contribution in [0.2, 0.25) is 0 Å². The lowest BCUT2D eigenvalue weighted by Crippen LogP contribution is -2.39. The molecule has 1 fully saturated rings. The second-order valence-corrected chi connectivity index (χ2v) is 8.28. The normalized spacial score (nSPS) is 14.5. The van der Waals surface area contributed by atoms with Crippen LogP contribution in [0.5, 0.6) is 0 Å². The van der Waals surface area contributed by atoms with Crippen molar-refractivity contribution in [3.63, 3.8) is 0 Å². The van der Waals surface area contributed by atoms with Crippen LogP contribution in [0.25, 0.3) is 10.8 Å². The zero-order valence-corrected chi connectivity index (χ0v) is 19.1. The zero-order valence-electron chi connectivity index (χ0n) is 19.1. The van der Waals surface area contributed by atoms with Gasteiger partial charge < -0.3 is 15.6 Å². The number of carbonyl (C=O) groups is 2. The van der Waals surface area contributed by atoms with Crippen LogP contribution < -0.4 is 16.3 Å². The van der Waals surface area contributed by atoms with E-state index in [1.807, 2.05) is 50.2 Å². The van der Waals surface area contributed by atoms with E-state index >= 15 is 0 Å². The highest BCUT2D eigenvalue weighted by molar-refractivity contribution is 6.08. The number of hydrogen-bond acceptors (Lipinski definition) is 4. The Labute approximate surface area is 193 Å². The van der Waals surface area contributed by atoms with Crippen molar-refractivity contribution in [2.24, 2.45) is 0 Å². The second kappa shape index (κ2) is 9.90. The maximum absolute atomic E-state index is 13.8. The lowest BCUT2D eigenvalue weighted by molar-refractivity contribution is -0.128. The third-order valence-electron chi connectivity index (χ3n) is 6.16. The van der Waals surface area contributed by atoms with Crippen LogP contribution in [-0.4, -0.2) is 34.5 Å². The summed E-state index contributed by atoms with van der Waals surface area (Å²) in [4.78, 5) is 41.3. The van der Waals surface area contributed by atoms with Gasteiger partial charge in [0, 0.05) is 30.3 Å². The van der Waals surface area contributed by atoms with Gasteiger partial charge in [-0.05, 0) is 31.4 Å². The largest absolute Gasteiger partial charge is 0.345 e. The molecule has 1 aliphatic rings. The number of pyridine rings is 1. The summed E-state index contributed by atoms with van der Waals surface area (Å²) in [6, 6.07) is 16.8. The Kier molecular flexibility index (Phi) is 6.77. The van der Waals surface area contributed by atoms with Gasteiger partial charge in [-0.3, -0.25) is 14.4 Å². The van der Waals surface area contributed by atoms with E-state index in [4.69, 9.17) is 0 Å². The van der Waals surface area contributed by atoms with Crippen molar-refractivity contribution in [1.29, 1.82) is 0 Å². The van der Waals surface area contributed by atoms with Crippen LogP contribution in [0.3, 0.4) is 0 Å². The number of hydrogen-bond donors (Lipinski definition) is 2. The number of aromatic nitrogens is 1. The Hall–Kier alpha value is -3.61. The molecule has 2 amide bonds. The Morgan fingerprint density at radius 3 is 2.33 bits per heavy atom. The van der Waals surface area contributed by atoms with Gasteiger partial charge in [0.2, 0.25) is 5.91 Å². The van der Waals surface area contributed by atoms with Gasteiger partial charge in [-0.2, -0.15) is 0 Å². The summed E-state index contributed by atoms with van der Waals surface area (Å²) in [7, 11) is 0. The topological polar surface area (TPSA) is 83.4 Å². The van der Waals surface area contributed by atoms with Crippen molar-refractivity contribution in [3.8, 4) is 0 Å². The molecule has 2 heterocycles. The van der Waals surface area contributed by atoms with Gasteiger partial charge in [0.1, 0.15) is 0 Å². The molecule has 1 aliphatic heterocycles.